The molecule has 96 valence electrons. The molecule has 1 atom stereocenters. The highest BCUT2D eigenvalue weighted by molar-refractivity contribution is 5.75. The first kappa shape index (κ1) is 12.9. The van der Waals surface area contributed by atoms with Crippen LogP contribution in [0.4, 0.5) is 0 Å². The molecule has 2 heteroatoms. The van der Waals surface area contributed by atoms with E-state index in [1.54, 1.807) is 0 Å². The normalized spacial score (nSPS) is 13.1. The van der Waals surface area contributed by atoms with Crippen molar-refractivity contribution in [2.45, 2.75) is 39.5 Å². The second kappa shape index (κ2) is 5.38. The Morgan fingerprint density at radius 1 is 1.11 bits per heavy atom. The molecule has 0 amide bonds. The van der Waals surface area contributed by atoms with E-state index in [2.05, 4.69) is 26.8 Å². The van der Waals surface area contributed by atoms with E-state index in [1.165, 1.54) is 0 Å². The summed E-state index contributed by atoms with van der Waals surface area (Å²) in [6.45, 7) is 6.55. The highest BCUT2D eigenvalue weighted by atomic mass is 16.5. The number of benzene rings is 1. The SMILES string of the molecule is CCCC(c1ccc2ccccc2[n+]1[O-])C(C)C. The van der Waals surface area contributed by atoms with Crippen LogP contribution in [0.1, 0.15) is 45.2 Å². The molecular weight excluding hydrogens is 222 g/mol. The molecule has 0 aliphatic heterocycles. The molecule has 0 fully saturated rings. The lowest BCUT2D eigenvalue weighted by molar-refractivity contribution is -0.588. The van der Waals surface area contributed by atoms with Crippen LogP contribution in [0.3, 0.4) is 0 Å². The topological polar surface area (TPSA) is 26.9 Å². The van der Waals surface area contributed by atoms with Crippen LogP contribution < -0.4 is 4.73 Å². The van der Waals surface area contributed by atoms with Crippen molar-refractivity contribution >= 4 is 10.9 Å². The molecule has 1 aromatic heterocycles. The van der Waals surface area contributed by atoms with Crippen molar-refractivity contribution in [3.63, 3.8) is 0 Å². The van der Waals surface area contributed by atoms with Crippen LogP contribution in [0.25, 0.3) is 10.9 Å². The van der Waals surface area contributed by atoms with Gasteiger partial charge in [0.05, 0.1) is 0 Å². The van der Waals surface area contributed by atoms with Crippen molar-refractivity contribution in [3.05, 3.63) is 47.3 Å². The minimum atomic E-state index is 0.345. The number of fused-ring (bicyclic) bond motifs is 1. The molecule has 2 aromatic rings. The fourth-order valence-corrected chi connectivity index (χ4v) is 2.60. The van der Waals surface area contributed by atoms with Crippen LogP contribution in [-0.4, -0.2) is 0 Å². The minimum absolute atomic E-state index is 0.345. The molecule has 0 saturated heterocycles. The zero-order chi connectivity index (χ0) is 13.1. The molecule has 0 aliphatic rings. The van der Waals surface area contributed by atoms with Gasteiger partial charge in [-0.15, -0.1) is 0 Å². The summed E-state index contributed by atoms with van der Waals surface area (Å²) in [7, 11) is 0. The Morgan fingerprint density at radius 2 is 1.83 bits per heavy atom. The molecule has 2 nitrogen and oxygen atoms in total. The van der Waals surface area contributed by atoms with Gasteiger partial charge in [-0.2, -0.15) is 4.73 Å². The fraction of sp³-hybridized carbons (Fsp3) is 0.438. The summed E-state index contributed by atoms with van der Waals surface area (Å²) in [5.41, 5.74) is 1.68. The molecule has 0 aliphatic carbocycles. The van der Waals surface area contributed by atoms with Gasteiger partial charge in [-0.25, -0.2) is 0 Å². The smallest absolute Gasteiger partial charge is 0.223 e. The van der Waals surface area contributed by atoms with Crippen LogP contribution in [0.5, 0.6) is 0 Å². The molecular formula is C16H21NO. The maximum absolute atomic E-state index is 12.5. The van der Waals surface area contributed by atoms with Gasteiger partial charge in [0.1, 0.15) is 0 Å². The summed E-state index contributed by atoms with van der Waals surface area (Å²) in [6.07, 6.45) is 2.17. The lowest BCUT2D eigenvalue weighted by atomic mass is 9.88. The van der Waals surface area contributed by atoms with Gasteiger partial charge in [0.2, 0.25) is 5.52 Å². The van der Waals surface area contributed by atoms with E-state index in [0.29, 0.717) is 11.8 Å². The number of nitrogens with zero attached hydrogens (tertiary/aromatic N) is 1. The Hall–Kier alpha value is -1.57. The quantitative estimate of drug-likeness (QED) is 0.588. The number of para-hydroxylation sites is 1. The Kier molecular flexibility index (Phi) is 3.85. The standard InChI is InChI=1S/C16H21NO/c1-4-7-14(12(2)3)16-11-10-13-8-5-6-9-15(13)17(16)18/h5-6,8-12,14H,4,7H2,1-3H3. The number of rotatable bonds is 4. The lowest BCUT2D eigenvalue weighted by Crippen LogP contribution is -2.35. The molecule has 0 N–H and O–H groups in total. The van der Waals surface area contributed by atoms with Crippen LogP contribution >= 0.6 is 0 Å². The Morgan fingerprint density at radius 3 is 2.50 bits per heavy atom. The molecule has 0 bridgehead atoms. The van der Waals surface area contributed by atoms with E-state index < -0.39 is 0 Å². The van der Waals surface area contributed by atoms with Crippen molar-refractivity contribution in [2.24, 2.45) is 5.92 Å². The van der Waals surface area contributed by atoms with Gasteiger partial charge in [-0.3, -0.25) is 0 Å². The Balaban J connectivity index is 2.53. The molecule has 1 aromatic carbocycles. The number of hydrogen-bond acceptors (Lipinski definition) is 1. The minimum Gasteiger partial charge on any atom is -0.618 e. The van der Waals surface area contributed by atoms with Crippen molar-refractivity contribution < 1.29 is 4.73 Å². The zero-order valence-electron chi connectivity index (χ0n) is 11.4. The molecule has 1 unspecified atom stereocenters. The summed E-state index contributed by atoms with van der Waals surface area (Å²) < 4.78 is 1.12. The van der Waals surface area contributed by atoms with Gasteiger partial charge >= 0.3 is 0 Å². The van der Waals surface area contributed by atoms with E-state index in [4.69, 9.17) is 0 Å². The van der Waals surface area contributed by atoms with Crippen LogP contribution in [0.15, 0.2) is 36.4 Å². The molecule has 0 spiro atoms. The molecule has 2 rings (SSSR count). The average molecular weight is 243 g/mol. The third kappa shape index (κ3) is 2.33. The summed E-state index contributed by atoms with van der Waals surface area (Å²) in [6, 6.07) is 11.8. The van der Waals surface area contributed by atoms with Crippen molar-refractivity contribution in [1.82, 2.24) is 0 Å². The molecule has 0 radical (unpaired) electrons. The van der Waals surface area contributed by atoms with Gasteiger partial charge in [-0.1, -0.05) is 39.3 Å². The third-order valence-corrected chi connectivity index (χ3v) is 3.61. The summed E-state index contributed by atoms with van der Waals surface area (Å²) in [5, 5.41) is 13.5. The van der Waals surface area contributed by atoms with Gasteiger partial charge < -0.3 is 5.21 Å². The van der Waals surface area contributed by atoms with Gasteiger partial charge in [-0.05, 0) is 24.5 Å². The largest absolute Gasteiger partial charge is 0.618 e. The first-order chi connectivity index (χ1) is 8.65. The van der Waals surface area contributed by atoms with E-state index in [1.807, 2.05) is 30.3 Å². The average Bonchev–Trinajstić information content (AvgIpc) is 2.37. The predicted octanol–water partition coefficient (Wildman–Crippen LogP) is 4.01. The maximum Gasteiger partial charge on any atom is 0.223 e. The van der Waals surface area contributed by atoms with Crippen LogP contribution in [0.2, 0.25) is 0 Å². The third-order valence-electron chi connectivity index (χ3n) is 3.61. The maximum atomic E-state index is 12.5. The number of pyridine rings is 1. The fourth-order valence-electron chi connectivity index (χ4n) is 2.60. The monoisotopic (exact) mass is 243 g/mol. The van der Waals surface area contributed by atoms with Crippen LogP contribution in [-0.2, 0) is 0 Å². The van der Waals surface area contributed by atoms with Gasteiger partial charge in [0, 0.05) is 23.4 Å². The highest BCUT2D eigenvalue weighted by Crippen LogP contribution is 2.27. The zero-order valence-corrected chi connectivity index (χ0v) is 11.4. The Bertz CT molecular complexity index is 534. The first-order valence-electron chi connectivity index (χ1n) is 6.76. The predicted molar refractivity (Wildman–Crippen MR) is 75.4 cm³/mol. The molecule has 0 saturated carbocycles. The van der Waals surface area contributed by atoms with E-state index in [-0.39, 0.29) is 0 Å². The van der Waals surface area contributed by atoms with Crippen molar-refractivity contribution in [2.75, 3.05) is 0 Å². The van der Waals surface area contributed by atoms with E-state index >= 15 is 0 Å². The summed E-state index contributed by atoms with van der Waals surface area (Å²) in [5.74, 6) is 0.836. The summed E-state index contributed by atoms with van der Waals surface area (Å²) in [4.78, 5) is 0. The molecule has 18 heavy (non-hydrogen) atoms. The number of hydrogen-bond donors (Lipinski definition) is 0. The Labute approximate surface area is 109 Å². The van der Waals surface area contributed by atoms with E-state index in [9.17, 15) is 5.21 Å². The van der Waals surface area contributed by atoms with Crippen molar-refractivity contribution in [1.29, 1.82) is 0 Å². The highest BCUT2D eigenvalue weighted by Gasteiger charge is 2.23. The van der Waals surface area contributed by atoms with Gasteiger partial charge in [0.25, 0.3) is 0 Å². The first-order valence-corrected chi connectivity index (χ1v) is 6.76. The summed E-state index contributed by atoms with van der Waals surface area (Å²) >= 11 is 0. The number of aromatic nitrogens is 1. The second-order valence-corrected chi connectivity index (χ2v) is 5.25. The van der Waals surface area contributed by atoms with E-state index in [0.717, 1.165) is 34.2 Å². The lowest BCUT2D eigenvalue weighted by Gasteiger charge is -2.19. The second-order valence-electron chi connectivity index (χ2n) is 5.25. The molecule has 1 heterocycles. The van der Waals surface area contributed by atoms with Crippen LogP contribution in [0, 0.1) is 11.1 Å². The van der Waals surface area contributed by atoms with Gasteiger partial charge in [0.15, 0.2) is 5.69 Å². The van der Waals surface area contributed by atoms with Crippen molar-refractivity contribution in [3.8, 4) is 0 Å².